The van der Waals surface area contributed by atoms with Gasteiger partial charge < -0.3 is 5.32 Å². The summed E-state index contributed by atoms with van der Waals surface area (Å²) in [5.41, 5.74) is -0.369. The Hall–Kier alpha value is -2.31. The van der Waals surface area contributed by atoms with Gasteiger partial charge in [0.1, 0.15) is 0 Å². The summed E-state index contributed by atoms with van der Waals surface area (Å²) in [6, 6.07) is 3.18. The number of halogens is 3. The number of benzene rings is 1. The summed E-state index contributed by atoms with van der Waals surface area (Å²) in [7, 11) is 0. The van der Waals surface area contributed by atoms with E-state index in [0.29, 0.717) is 5.52 Å². The predicted molar refractivity (Wildman–Crippen MR) is 64.5 cm³/mol. The first-order valence-electron chi connectivity index (χ1n) is 5.41. The lowest BCUT2D eigenvalue weighted by Gasteiger charge is -2.06. The van der Waals surface area contributed by atoms with Gasteiger partial charge in [-0.3, -0.25) is 9.89 Å². The number of H-pyrrole nitrogens is 1. The highest BCUT2D eigenvalue weighted by molar-refractivity contribution is 6.04. The van der Waals surface area contributed by atoms with Crippen LogP contribution in [-0.2, 0) is 11.0 Å². The second-order valence-electron chi connectivity index (χ2n) is 3.82. The molecule has 2 rings (SSSR count). The Balaban J connectivity index is 2.43. The summed E-state index contributed by atoms with van der Waals surface area (Å²) >= 11 is 0. The maximum atomic E-state index is 12.6. The largest absolute Gasteiger partial charge is 0.416 e. The van der Waals surface area contributed by atoms with Crippen molar-refractivity contribution in [1.29, 1.82) is 0 Å². The molecule has 0 unspecified atom stereocenters. The summed E-state index contributed by atoms with van der Waals surface area (Å²) in [4.78, 5) is 11.4. The Labute approximate surface area is 106 Å². The second-order valence-corrected chi connectivity index (χ2v) is 3.82. The third kappa shape index (κ3) is 2.75. The number of nitrogens with one attached hydrogen (secondary N) is 2. The molecule has 0 aliphatic heterocycles. The second kappa shape index (κ2) is 4.75. The zero-order valence-corrected chi connectivity index (χ0v) is 9.88. The molecule has 0 aliphatic rings. The van der Waals surface area contributed by atoms with Crippen LogP contribution in [0, 0.1) is 0 Å². The molecular formula is C12H10F3N3O. The maximum absolute atomic E-state index is 12.6. The van der Waals surface area contributed by atoms with E-state index in [1.807, 2.05) is 0 Å². The van der Waals surface area contributed by atoms with E-state index in [0.717, 1.165) is 12.1 Å². The Morgan fingerprint density at radius 2 is 2.16 bits per heavy atom. The van der Waals surface area contributed by atoms with Gasteiger partial charge in [-0.05, 0) is 31.2 Å². The molecule has 1 aromatic heterocycles. The van der Waals surface area contributed by atoms with Crippen molar-refractivity contribution in [3.8, 4) is 0 Å². The lowest BCUT2D eigenvalue weighted by molar-refractivity contribution is -0.137. The van der Waals surface area contributed by atoms with Gasteiger partial charge in [0.25, 0.3) is 0 Å². The van der Waals surface area contributed by atoms with Crippen molar-refractivity contribution in [2.45, 2.75) is 13.1 Å². The van der Waals surface area contributed by atoms with Crippen LogP contribution in [0.25, 0.3) is 10.9 Å². The Kier molecular flexibility index (Phi) is 3.28. The number of carbonyl (C=O) groups is 1. The number of alkyl halides is 3. The number of hydrogen-bond donors (Lipinski definition) is 2. The minimum atomic E-state index is -4.43. The molecule has 1 heterocycles. The van der Waals surface area contributed by atoms with Crippen molar-refractivity contribution in [3.05, 3.63) is 35.9 Å². The highest BCUT2D eigenvalue weighted by atomic mass is 19.4. The van der Waals surface area contributed by atoms with Crippen molar-refractivity contribution in [1.82, 2.24) is 10.2 Å². The van der Waals surface area contributed by atoms with Crippen molar-refractivity contribution >= 4 is 22.6 Å². The molecule has 0 fully saturated rings. The third-order valence-corrected chi connectivity index (χ3v) is 2.45. The number of fused-ring (bicyclic) bond motifs is 1. The van der Waals surface area contributed by atoms with Crippen LogP contribution in [0.15, 0.2) is 30.4 Å². The van der Waals surface area contributed by atoms with Crippen LogP contribution in [0.4, 0.5) is 19.0 Å². The minimum absolute atomic E-state index is 0.0733. The van der Waals surface area contributed by atoms with Crippen molar-refractivity contribution in [2.75, 3.05) is 5.32 Å². The van der Waals surface area contributed by atoms with Crippen molar-refractivity contribution in [3.63, 3.8) is 0 Å². The Morgan fingerprint density at radius 1 is 1.42 bits per heavy atom. The molecule has 0 atom stereocenters. The minimum Gasteiger partial charge on any atom is -0.305 e. The van der Waals surface area contributed by atoms with Crippen LogP contribution in [0.2, 0.25) is 0 Å². The van der Waals surface area contributed by atoms with Crippen molar-refractivity contribution < 1.29 is 18.0 Å². The molecule has 1 amide bonds. The molecular weight excluding hydrogens is 259 g/mol. The van der Waals surface area contributed by atoms with Gasteiger partial charge in [0.15, 0.2) is 5.82 Å². The lowest BCUT2D eigenvalue weighted by atomic mass is 10.1. The molecule has 2 aromatic rings. The number of aromatic nitrogens is 2. The van der Waals surface area contributed by atoms with Crippen LogP contribution < -0.4 is 5.32 Å². The quantitative estimate of drug-likeness (QED) is 0.823. The first-order valence-corrected chi connectivity index (χ1v) is 5.41. The fourth-order valence-corrected chi connectivity index (χ4v) is 1.60. The van der Waals surface area contributed by atoms with Crippen molar-refractivity contribution in [2.24, 2.45) is 0 Å². The highest BCUT2D eigenvalue weighted by Crippen LogP contribution is 2.32. The van der Waals surface area contributed by atoms with E-state index < -0.39 is 17.6 Å². The molecule has 0 saturated heterocycles. The van der Waals surface area contributed by atoms with Gasteiger partial charge in [-0.25, -0.2) is 0 Å². The number of allylic oxidation sites excluding steroid dienone is 1. The fraction of sp³-hybridized carbons (Fsp3) is 0.167. The molecule has 4 nitrogen and oxygen atoms in total. The normalized spacial score (nSPS) is 12.2. The molecule has 0 aliphatic carbocycles. The molecule has 0 bridgehead atoms. The number of rotatable bonds is 2. The number of amides is 1. The summed E-state index contributed by atoms with van der Waals surface area (Å²) < 4.78 is 37.8. The summed E-state index contributed by atoms with van der Waals surface area (Å²) in [5, 5.41) is 8.97. The molecule has 0 spiro atoms. The van der Waals surface area contributed by atoms with E-state index in [1.165, 1.54) is 18.2 Å². The monoisotopic (exact) mass is 269 g/mol. The van der Waals surface area contributed by atoms with E-state index in [2.05, 4.69) is 15.5 Å². The SMILES string of the molecule is C/C=C/C(=O)Nc1n[nH]c2ccc(C(F)(F)F)cc12. The fourth-order valence-electron chi connectivity index (χ4n) is 1.60. The number of hydrogen-bond acceptors (Lipinski definition) is 2. The van der Waals surface area contributed by atoms with Crippen LogP contribution in [0.1, 0.15) is 12.5 Å². The first-order chi connectivity index (χ1) is 8.91. The molecule has 0 radical (unpaired) electrons. The van der Waals surface area contributed by atoms with Crippen LogP contribution in [0.3, 0.4) is 0 Å². The van der Waals surface area contributed by atoms with E-state index in [1.54, 1.807) is 6.92 Å². The van der Waals surface area contributed by atoms with E-state index in [4.69, 9.17) is 0 Å². The van der Waals surface area contributed by atoms with E-state index >= 15 is 0 Å². The topological polar surface area (TPSA) is 57.8 Å². The van der Waals surface area contributed by atoms with Gasteiger partial charge >= 0.3 is 6.18 Å². The summed E-state index contributed by atoms with van der Waals surface area (Å²) in [6.45, 7) is 1.66. The summed E-state index contributed by atoms with van der Waals surface area (Å²) in [6.07, 6.45) is -1.66. The van der Waals surface area contributed by atoms with Crippen LogP contribution >= 0.6 is 0 Å². The number of aromatic amines is 1. The highest BCUT2D eigenvalue weighted by Gasteiger charge is 2.30. The first kappa shape index (κ1) is 13.1. The van der Waals surface area contributed by atoms with Gasteiger partial charge in [-0.1, -0.05) is 6.08 Å². The molecule has 2 N–H and O–H groups in total. The van der Waals surface area contributed by atoms with Gasteiger partial charge in [0.2, 0.25) is 5.91 Å². The Morgan fingerprint density at radius 3 is 2.79 bits per heavy atom. The lowest BCUT2D eigenvalue weighted by Crippen LogP contribution is -2.08. The molecule has 0 saturated carbocycles. The van der Waals surface area contributed by atoms with E-state index in [9.17, 15) is 18.0 Å². The average Bonchev–Trinajstić information content (AvgIpc) is 2.71. The van der Waals surface area contributed by atoms with Crippen LogP contribution in [-0.4, -0.2) is 16.1 Å². The third-order valence-electron chi connectivity index (χ3n) is 2.45. The average molecular weight is 269 g/mol. The number of nitrogens with zero attached hydrogens (tertiary/aromatic N) is 1. The van der Waals surface area contributed by atoms with Gasteiger partial charge in [0.05, 0.1) is 11.1 Å². The zero-order valence-electron chi connectivity index (χ0n) is 9.88. The number of carbonyl (C=O) groups excluding carboxylic acids is 1. The predicted octanol–water partition coefficient (Wildman–Crippen LogP) is 3.10. The Bertz CT molecular complexity index is 643. The van der Waals surface area contributed by atoms with Crippen LogP contribution in [0.5, 0.6) is 0 Å². The van der Waals surface area contributed by atoms with Gasteiger partial charge in [-0.2, -0.15) is 18.3 Å². The molecule has 1 aromatic carbocycles. The van der Waals surface area contributed by atoms with Gasteiger partial charge in [0, 0.05) is 5.39 Å². The molecule has 19 heavy (non-hydrogen) atoms. The van der Waals surface area contributed by atoms with E-state index in [-0.39, 0.29) is 11.2 Å². The zero-order chi connectivity index (χ0) is 14.0. The molecule has 7 heteroatoms. The smallest absolute Gasteiger partial charge is 0.305 e. The summed E-state index contributed by atoms with van der Waals surface area (Å²) in [5.74, 6) is -0.377. The number of anilines is 1. The molecule has 100 valence electrons. The maximum Gasteiger partial charge on any atom is 0.416 e. The van der Waals surface area contributed by atoms with Gasteiger partial charge in [-0.15, -0.1) is 0 Å². The standard InChI is InChI=1S/C12H10F3N3O/c1-2-3-10(19)16-11-8-6-7(12(13,14)15)4-5-9(8)17-18-11/h2-6H,1H3,(H2,16,17,18,19)/b3-2+.